The maximum Gasteiger partial charge on any atom is 0.276 e. The van der Waals surface area contributed by atoms with E-state index in [2.05, 4.69) is 5.10 Å². The quantitative estimate of drug-likeness (QED) is 0.185. The molecule has 2 amide bonds. The van der Waals surface area contributed by atoms with Gasteiger partial charge in [0, 0.05) is 0 Å². The van der Waals surface area contributed by atoms with Gasteiger partial charge in [0.2, 0.25) is 11.8 Å². The Morgan fingerprint density at radius 3 is 1.82 bits per heavy atom. The minimum atomic E-state index is -1.29. The smallest absolute Gasteiger partial charge is 0.276 e. The number of hydrogen-bond acceptors (Lipinski definition) is 7. The summed E-state index contributed by atoms with van der Waals surface area (Å²) >= 11 is 0. The highest BCUT2D eigenvalue weighted by molar-refractivity contribution is 6.04. The fraction of sp³-hybridized carbons (Fsp3) is 0.318. The van der Waals surface area contributed by atoms with Crippen molar-refractivity contribution < 1.29 is 24.1 Å². The lowest BCUT2D eigenvalue weighted by Gasteiger charge is -2.31. The minimum absolute atomic E-state index is 0.0451. The van der Waals surface area contributed by atoms with E-state index < -0.39 is 34.8 Å². The first-order chi connectivity index (χ1) is 16.2. The Labute approximate surface area is 196 Å². The molecule has 0 aliphatic rings. The predicted molar refractivity (Wildman–Crippen MR) is 125 cm³/mol. The molecule has 6 N–H and O–H groups in total. The summed E-state index contributed by atoms with van der Waals surface area (Å²) in [6.07, 6.45) is 0.363. The molecule has 2 aromatic carbocycles. The molecule has 0 saturated heterocycles. The third-order valence-electron chi connectivity index (χ3n) is 5.14. The molecule has 0 fully saturated rings. The van der Waals surface area contributed by atoms with Crippen LogP contribution in [0.3, 0.4) is 0 Å². The van der Waals surface area contributed by atoms with Crippen molar-refractivity contribution in [2.75, 3.05) is 20.8 Å². The number of hydrogen-bond donors (Lipinski definition) is 3. The number of guanidine groups is 1. The van der Waals surface area contributed by atoms with Crippen LogP contribution in [0.2, 0.25) is 0 Å². The van der Waals surface area contributed by atoms with Crippen molar-refractivity contribution >= 4 is 17.8 Å². The van der Waals surface area contributed by atoms with Gasteiger partial charge in [0.05, 0.1) is 20.1 Å². The Balaban J connectivity index is 2.67. The van der Waals surface area contributed by atoms with E-state index in [-0.39, 0.29) is 13.0 Å². The van der Waals surface area contributed by atoms with Gasteiger partial charge in [-0.1, -0.05) is 24.3 Å². The first kappa shape index (κ1) is 26.1. The Morgan fingerprint density at radius 1 is 1.00 bits per heavy atom. The zero-order valence-electron chi connectivity index (χ0n) is 18.9. The van der Waals surface area contributed by atoms with Gasteiger partial charge in [0.25, 0.3) is 5.96 Å². The molecule has 0 heterocycles. The van der Waals surface area contributed by atoms with E-state index in [1.165, 1.54) is 14.2 Å². The predicted octanol–water partition coefficient (Wildman–Crippen LogP) is 0.764. The molecular formula is C22H28N6O6. The van der Waals surface area contributed by atoms with E-state index in [4.69, 9.17) is 26.7 Å². The summed E-state index contributed by atoms with van der Waals surface area (Å²) in [7, 11) is 3.01. The molecule has 0 aliphatic carbocycles. The third-order valence-corrected chi connectivity index (χ3v) is 5.14. The van der Waals surface area contributed by atoms with Crippen molar-refractivity contribution in [3.05, 3.63) is 69.8 Å². The molecule has 0 bridgehead atoms. The van der Waals surface area contributed by atoms with E-state index in [9.17, 15) is 19.7 Å². The van der Waals surface area contributed by atoms with Gasteiger partial charge in [-0.3, -0.25) is 14.5 Å². The minimum Gasteiger partial charge on any atom is -0.497 e. The number of benzene rings is 2. The first-order valence-corrected chi connectivity index (χ1v) is 10.3. The van der Waals surface area contributed by atoms with Gasteiger partial charge >= 0.3 is 0 Å². The van der Waals surface area contributed by atoms with E-state index in [0.29, 0.717) is 29.0 Å². The number of amides is 2. The maximum atomic E-state index is 13.9. The van der Waals surface area contributed by atoms with Crippen LogP contribution in [-0.2, 0) is 9.59 Å². The third kappa shape index (κ3) is 6.42. The standard InChI is InChI=1S/C22H28N6O6/c1-33-16-9-5-14(6-10-16)19(15-7-11-17(34-2)12-8-15)21(30)27(22(25)26-28(31)32)18(20(24)29)4-3-13-23/h5-12,18-19H,3-4,13,23H2,1-2H3,(H2,24,29)(H2,25,26)/t18-/m0/s1. The monoisotopic (exact) mass is 472 g/mol. The van der Waals surface area contributed by atoms with Gasteiger partial charge in [0.1, 0.15) is 22.6 Å². The zero-order valence-corrected chi connectivity index (χ0v) is 18.9. The van der Waals surface area contributed by atoms with Crippen LogP contribution in [0.15, 0.2) is 53.6 Å². The zero-order chi connectivity index (χ0) is 25.3. The second-order valence-corrected chi connectivity index (χ2v) is 7.23. The average molecular weight is 473 g/mol. The van der Waals surface area contributed by atoms with Gasteiger partial charge in [-0.15, -0.1) is 0 Å². The molecule has 0 aromatic heterocycles. The van der Waals surface area contributed by atoms with Gasteiger partial charge in [-0.2, -0.15) is 0 Å². The number of carbonyl (C=O) groups is 2. The topological polar surface area (TPSA) is 189 Å². The molecule has 12 nitrogen and oxygen atoms in total. The summed E-state index contributed by atoms with van der Waals surface area (Å²) in [5.74, 6) is -2.26. The summed E-state index contributed by atoms with van der Waals surface area (Å²) in [4.78, 5) is 38.0. The van der Waals surface area contributed by atoms with E-state index in [0.717, 1.165) is 4.90 Å². The lowest BCUT2D eigenvalue weighted by molar-refractivity contribution is -0.485. The number of carbonyl (C=O) groups excluding carboxylic acids is 2. The number of rotatable bonds is 11. The van der Waals surface area contributed by atoms with Crippen LogP contribution in [-0.4, -0.2) is 54.5 Å². The molecule has 0 aliphatic heterocycles. The normalized spacial score (nSPS) is 12.2. The molecule has 12 heteroatoms. The van der Waals surface area contributed by atoms with Crippen molar-refractivity contribution in [1.29, 1.82) is 0 Å². The number of nitro groups is 1. The summed E-state index contributed by atoms with van der Waals surface area (Å²) in [5.41, 5.74) is 18.0. The highest BCUT2D eigenvalue weighted by Gasteiger charge is 2.37. The molecule has 0 spiro atoms. The largest absolute Gasteiger partial charge is 0.497 e. The van der Waals surface area contributed by atoms with Crippen molar-refractivity contribution in [2.45, 2.75) is 24.8 Å². The number of primary amides is 1. The first-order valence-electron chi connectivity index (χ1n) is 10.3. The number of hydrazone groups is 1. The van der Waals surface area contributed by atoms with E-state index in [1.54, 1.807) is 48.5 Å². The Kier molecular flexibility index (Phi) is 9.32. The second kappa shape index (κ2) is 12.2. The SMILES string of the molecule is COc1ccc(C(C(=O)N(C(N)=N[N+](=O)[O-])[C@@H](CCCN)C(N)=O)c2ccc(OC)cc2)cc1. The van der Waals surface area contributed by atoms with Crippen molar-refractivity contribution in [3.8, 4) is 11.5 Å². The Morgan fingerprint density at radius 2 is 1.47 bits per heavy atom. The van der Waals surface area contributed by atoms with Crippen LogP contribution in [0.25, 0.3) is 0 Å². The van der Waals surface area contributed by atoms with E-state index in [1.807, 2.05) is 0 Å². The van der Waals surface area contributed by atoms with Crippen molar-refractivity contribution in [2.24, 2.45) is 22.3 Å². The molecule has 0 radical (unpaired) electrons. The lowest BCUT2D eigenvalue weighted by Crippen LogP contribution is -2.55. The van der Waals surface area contributed by atoms with Crippen LogP contribution in [0.4, 0.5) is 0 Å². The number of methoxy groups -OCH3 is 2. The average Bonchev–Trinajstić information content (AvgIpc) is 2.81. The fourth-order valence-corrected chi connectivity index (χ4v) is 3.48. The van der Waals surface area contributed by atoms with Crippen LogP contribution >= 0.6 is 0 Å². The Bertz CT molecular complexity index is 978. The van der Waals surface area contributed by atoms with Gasteiger partial charge < -0.3 is 26.7 Å². The van der Waals surface area contributed by atoms with E-state index >= 15 is 0 Å². The van der Waals surface area contributed by atoms with Gasteiger partial charge in [-0.25, -0.2) is 10.1 Å². The number of nitrogens with two attached hydrogens (primary N) is 3. The molecule has 0 unspecified atom stereocenters. The summed E-state index contributed by atoms with van der Waals surface area (Å²) in [6, 6.07) is 12.0. The molecular weight excluding hydrogens is 444 g/mol. The van der Waals surface area contributed by atoms with Crippen molar-refractivity contribution in [3.63, 3.8) is 0 Å². The summed E-state index contributed by atoms with van der Waals surface area (Å²) in [6.45, 7) is 0.207. The molecule has 182 valence electrons. The number of ether oxygens (including phenoxy) is 2. The highest BCUT2D eigenvalue weighted by Crippen LogP contribution is 2.31. The lowest BCUT2D eigenvalue weighted by atomic mass is 9.89. The van der Waals surface area contributed by atoms with Crippen molar-refractivity contribution in [1.82, 2.24) is 4.90 Å². The molecule has 2 rings (SSSR count). The fourth-order valence-electron chi connectivity index (χ4n) is 3.48. The summed E-state index contributed by atoms with van der Waals surface area (Å²) in [5, 5.41) is 13.1. The number of nitrogens with zero attached hydrogens (tertiary/aromatic N) is 3. The molecule has 34 heavy (non-hydrogen) atoms. The van der Waals surface area contributed by atoms with Crippen LogP contribution in [0.5, 0.6) is 11.5 Å². The molecule has 2 aromatic rings. The highest BCUT2D eigenvalue weighted by atomic mass is 16.7. The van der Waals surface area contributed by atoms with Gasteiger partial charge in [0.15, 0.2) is 5.03 Å². The molecule has 1 atom stereocenters. The van der Waals surface area contributed by atoms with Gasteiger partial charge in [-0.05, 0) is 54.8 Å². The maximum absolute atomic E-state index is 13.9. The van der Waals surface area contributed by atoms with Crippen LogP contribution in [0, 0.1) is 10.1 Å². The van der Waals surface area contributed by atoms with Crippen LogP contribution < -0.4 is 26.7 Å². The summed E-state index contributed by atoms with van der Waals surface area (Å²) < 4.78 is 10.4. The second-order valence-electron chi connectivity index (χ2n) is 7.23. The van der Waals surface area contributed by atoms with Crippen LogP contribution in [0.1, 0.15) is 29.9 Å². The molecule has 0 saturated carbocycles. The Hall–Kier alpha value is -4.19.